The Kier molecular flexibility index (Phi) is 9.94. The fraction of sp³-hybridized carbons (Fsp3) is 0.818. The summed E-state index contributed by atoms with van der Waals surface area (Å²) in [5.74, 6) is 0. The molecule has 0 aromatic heterocycles. The van der Waals surface area contributed by atoms with Crippen LogP contribution in [0.3, 0.4) is 0 Å². The van der Waals surface area contributed by atoms with Gasteiger partial charge in [-0.3, -0.25) is 0 Å². The third kappa shape index (κ3) is 11.9. The second-order valence-corrected chi connectivity index (χ2v) is 5.59. The van der Waals surface area contributed by atoms with Gasteiger partial charge >= 0.3 is 0 Å². The van der Waals surface area contributed by atoms with Gasteiger partial charge in [0, 0.05) is 0 Å². The molecule has 0 aliphatic rings. The summed E-state index contributed by atoms with van der Waals surface area (Å²) in [6.45, 7) is 4.17. The molecule has 1 N–H and O–H groups in total. The molecular weight excluding hydrogens is 176 g/mol. The van der Waals surface area contributed by atoms with Gasteiger partial charge in [0.2, 0.25) is 0 Å². The maximum atomic E-state index is 9.08. The van der Waals surface area contributed by atoms with Gasteiger partial charge in [0.15, 0.2) is 9.04 Å². The molecule has 78 valence electrons. The topological polar surface area (TPSA) is 20.2 Å². The fourth-order valence-electron chi connectivity index (χ4n) is 1.34. The lowest BCUT2D eigenvalue weighted by Gasteiger charge is -1.97. The highest BCUT2D eigenvalue weighted by atomic mass is 28.3. The molecule has 0 aliphatic carbocycles. The van der Waals surface area contributed by atoms with Crippen LogP contribution in [0.4, 0.5) is 0 Å². The van der Waals surface area contributed by atoms with Crippen LogP contribution in [0.2, 0.25) is 6.55 Å². The smallest absolute Gasteiger partial charge is 0.193 e. The van der Waals surface area contributed by atoms with Crippen LogP contribution < -0.4 is 0 Å². The summed E-state index contributed by atoms with van der Waals surface area (Å²) >= 11 is 0. The molecule has 0 rings (SSSR count). The standard InChI is InChI=1S/C11H24OSi/c1-3-4-5-6-7-8-9-10-11-13(2)12/h10-13H,3-9H2,1-2H3. The molecule has 0 radical (unpaired) electrons. The van der Waals surface area contributed by atoms with Crippen molar-refractivity contribution in [3.8, 4) is 0 Å². The first-order valence-electron chi connectivity index (χ1n) is 5.62. The predicted molar refractivity (Wildman–Crippen MR) is 62.4 cm³/mol. The summed E-state index contributed by atoms with van der Waals surface area (Å²) in [4.78, 5) is 9.08. The predicted octanol–water partition coefficient (Wildman–Crippen LogP) is 3.18. The van der Waals surface area contributed by atoms with Gasteiger partial charge in [-0.1, -0.05) is 50.8 Å². The average molecular weight is 200 g/mol. The summed E-state index contributed by atoms with van der Waals surface area (Å²) in [6, 6.07) is 0. The van der Waals surface area contributed by atoms with Crippen LogP contribution in [0.1, 0.15) is 51.9 Å². The highest BCUT2D eigenvalue weighted by Gasteiger charge is 1.90. The lowest BCUT2D eigenvalue weighted by molar-refractivity contribution is 0.591. The van der Waals surface area contributed by atoms with Crippen LogP contribution in [0.5, 0.6) is 0 Å². The molecule has 0 bridgehead atoms. The monoisotopic (exact) mass is 200 g/mol. The number of hydrogen-bond acceptors (Lipinski definition) is 1. The van der Waals surface area contributed by atoms with Gasteiger partial charge < -0.3 is 4.80 Å². The quantitative estimate of drug-likeness (QED) is 0.471. The van der Waals surface area contributed by atoms with Gasteiger partial charge in [-0.15, -0.1) is 0 Å². The Morgan fingerprint density at radius 3 is 2.31 bits per heavy atom. The second-order valence-electron chi connectivity index (χ2n) is 3.73. The number of rotatable bonds is 8. The third-order valence-corrected chi connectivity index (χ3v) is 2.97. The zero-order valence-electron chi connectivity index (χ0n) is 9.13. The minimum absolute atomic E-state index is 1.16. The van der Waals surface area contributed by atoms with Crippen LogP contribution in [-0.4, -0.2) is 13.8 Å². The highest BCUT2D eigenvalue weighted by Crippen LogP contribution is 2.06. The summed E-state index contributed by atoms with van der Waals surface area (Å²) < 4.78 is 0. The van der Waals surface area contributed by atoms with E-state index < -0.39 is 9.04 Å². The zero-order valence-corrected chi connectivity index (χ0v) is 10.3. The van der Waals surface area contributed by atoms with E-state index in [9.17, 15) is 0 Å². The Hall–Kier alpha value is -0.0831. The first-order valence-corrected chi connectivity index (χ1v) is 7.96. The van der Waals surface area contributed by atoms with Crippen molar-refractivity contribution in [3.05, 3.63) is 11.8 Å². The van der Waals surface area contributed by atoms with Crippen molar-refractivity contribution in [1.29, 1.82) is 0 Å². The van der Waals surface area contributed by atoms with Gasteiger partial charge in [-0.25, -0.2) is 0 Å². The van der Waals surface area contributed by atoms with Crippen molar-refractivity contribution in [2.24, 2.45) is 0 Å². The fourth-order valence-corrected chi connectivity index (χ4v) is 1.92. The molecule has 0 aromatic rings. The third-order valence-electron chi connectivity index (χ3n) is 2.14. The molecule has 0 fully saturated rings. The molecule has 0 saturated carbocycles. The lowest BCUT2D eigenvalue weighted by atomic mass is 10.1. The average Bonchev–Trinajstić information content (AvgIpc) is 2.09. The van der Waals surface area contributed by atoms with Crippen LogP contribution in [0.25, 0.3) is 0 Å². The number of allylic oxidation sites excluding steroid dienone is 1. The molecule has 1 atom stereocenters. The maximum Gasteiger partial charge on any atom is 0.193 e. The Morgan fingerprint density at radius 1 is 1.08 bits per heavy atom. The van der Waals surface area contributed by atoms with Crippen molar-refractivity contribution in [3.63, 3.8) is 0 Å². The first-order chi connectivity index (χ1) is 6.27. The molecular formula is C11H24OSi. The van der Waals surface area contributed by atoms with Crippen LogP contribution in [0.15, 0.2) is 11.8 Å². The largest absolute Gasteiger partial charge is 0.431 e. The van der Waals surface area contributed by atoms with Crippen LogP contribution >= 0.6 is 0 Å². The van der Waals surface area contributed by atoms with E-state index in [0.29, 0.717) is 0 Å². The number of unbranched alkanes of at least 4 members (excludes halogenated alkanes) is 6. The van der Waals surface area contributed by atoms with Gasteiger partial charge in [-0.2, -0.15) is 0 Å². The zero-order chi connectivity index (χ0) is 9.94. The summed E-state index contributed by atoms with van der Waals surface area (Å²) in [6.07, 6.45) is 11.4. The van der Waals surface area contributed by atoms with Gasteiger partial charge in [0.1, 0.15) is 0 Å². The molecule has 0 amide bonds. The first kappa shape index (κ1) is 12.9. The van der Waals surface area contributed by atoms with E-state index in [1.54, 1.807) is 0 Å². The Labute approximate surface area is 84.6 Å². The van der Waals surface area contributed by atoms with Crippen molar-refractivity contribution < 1.29 is 4.80 Å². The summed E-state index contributed by atoms with van der Waals surface area (Å²) in [7, 11) is -1.42. The number of hydrogen-bond donors (Lipinski definition) is 1. The normalized spacial score (nSPS) is 13.8. The van der Waals surface area contributed by atoms with Gasteiger partial charge in [0.25, 0.3) is 0 Å². The Bertz CT molecular complexity index is 121. The second kappa shape index (κ2) is 10.0. The highest BCUT2D eigenvalue weighted by molar-refractivity contribution is 6.54. The SMILES string of the molecule is CCCCCCCCC=C[SiH](C)O. The molecule has 2 heteroatoms. The van der Waals surface area contributed by atoms with Crippen LogP contribution in [0, 0.1) is 0 Å². The Morgan fingerprint density at radius 2 is 1.69 bits per heavy atom. The van der Waals surface area contributed by atoms with Gasteiger partial charge in [-0.05, 0) is 19.4 Å². The molecule has 0 saturated heterocycles. The van der Waals surface area contributed by atoms with Crippen LogP contribution in [-0.2, 0) is 0 Å². The van der Waals surface area contributed by atoms with E-state index in [2.05, 4.69) is 13.0 Å². The molecule has 0 aliphatic heterocycles. The molecule has 0 heterocycles. The minimum Gasteiger partial charge on any atom is -0.431 e. The van der Waals surface area contributed by atoms with Crippen molar-refractivity contribution in [1.82, 2.24) is 0 Å². The van der Waals surface area contributed by atoms with E-state index in [-0.39, 0.29) is 0 Å². The summed E-state index contributed by atoms with van der Waals surface area (Å²) in [5, 5.41) is 0. The minimum atomic E-state index is -1.42. The van der Waals surface area contributed by atoms with E-state index in [0.717, 1.165) is 6.42 Å². The van der Waals surface area contributed by atoms with E-state index >= 15 is 0 Å². The molecule has 0 spiro atoms. The van der Waals surface area contributed by atoms with E-state index in [1.807, 2.05) is 12.2 Å². The van der Waals surface area contributed by atoms with Crippen molar-refractivity contribution in [2.45, 2.75) is 58.4 Å². The van der Waals surface area contributed by atoms with Crippen molar-refractivity contribution in [2.75, 3.05) is 0 Å². The van der Waals surface area contributed by atoms with Crippen molar-refractivity contribution >= 4 is 9.04 Å². The molecule has 1 nitrogen and oxygen atoms in total. The van der Waals surface area contributed by atoms with E-state index in [4.69, 9.17) is 4.80 Å². The maximum absolute atomic E-state index is 9.08. The molecule has 0 aromatic carbocycles. The van der Waals surface area contributed by atoms with E-state index in [1.165, 1.54) is 38.5 Å². The summed E-state index contributed by atoms with van der Waals surface area (Å²) in [5.41, 5.74) is 2.01. The lowest BCUT2D eigenvalue weighted by Crippen LogP contribution is -1.98. The Balaban J connectivity index is 2.99. The molecule has 13 heavy (non-hydrogen) atoms. The van der Waals surface area contributed by atoms with Gasteiger partial charge in [0.05, 0.1) is 0 Å². The molecule has 1 unspecified atom stereocenters.